The molecule has 0 bridgehead atoms. The number of methoxy groups -OCH3 is 2. The van der Waals surface area contributed by atoms with Crippen molar-refractivity contribution in [3.63, 3.8) is 0 Å². The van der Waals surface area contributed by atoms with Gasteiger partial charge in [-0.15, -0.1) is 0 Å². The number of likely N-dealkylation sites (N-methyl/N-ethyl adjacent to an activating group) is 1. The molecular formula is C21H29N3O4. The fourth-order valence-electron chi connectivity index (χ4n) is 3.67. The summed E-state index contributed by atoms with van der Waals surface area (Å²) in [5, 5.41) is 0. The zero-order valence-corrected chi connectivity index (χ0v) is 17.1. The first-order chi connectivity index (χ1) is 13.5. The number of amides is 1. The number of oxazole rings is 1. The number of piperidine rings is 1. The van der Waals surface area contributed by atoms with Crippen molar-refractivity contribution in [2.45, 2.75) is 32.2 Å². The second kappa shape index (κ2) is 9.10. The monoisotopic (exact) mass is 387 g/mol. The fourth-order valence-corrected chi connectivity index (χ4v) is 3.67. The van der Waals surface area contributed by atoms with Gasteiger partial charge in [-0.2, -0.15) is 0 Å². The van der Waals surface area contributed by atoms with Crippen molar-refractivity contribution in [2.75, 3.05) is 40.9 Å². The maximum atomic E-state index is 12.7. The van der Waals surface area contributed by atoms with Crippen LogP contribution in [0.2, 0.25) is 0 Å². The van der Waals surface area contributed by atoms with Crippen LogP contribution in [0.4, 0.5) is 0 Å². The first-order valence-corrected chi connectivity index (χ1v) is 9.64. The molecule has 1 aliphatic heterocycles. The van der Waals surface area contributed by atoms with Gasteiger partial charge in [0.05, 0.1) is 19.9 Å². The summed E-state index contributed by atoms with van der Waals surface area (Å²) in [6.07, 6.45) is 4.31. The number of benzene rings is 1. The first kappa shape index (κ1) is 20.2. The molecule has 2 heterocycles. The SMILES string of the molecule is COc1ccc(CCN(C)C2CCCN(C(=O)c3ocnc3C)C2)cc1OC. The molecular weight excluding hydrogens is 358 g/mol. The van der Waals surface area contributed by atoms with Gasteiger partial charge in [0.15, 0.2) is 17.9 Å². The van der Waals surface area contributed by atoms with Crippen molar-refractivity contribution in [3.8, 4) is 11.5 Å². The number of likely N-dealkylation sites (tertiary alicyclic amines) is 1. The van der Waals surface area contributed by atoms with Gasteiger partial charge in [-0.25, -0.2) is 4.98 Å². The summed E-state index contributed by atoms with van der Waals surface area (Å²) in [6, 6.07) is 6.37. The van der Waals surface area contributed by atoms with Crippen LogP contribution in [0.25, 0.3) is 0 Å². The minimum absolute atomic E-state index is 0.0620. The predicted molar refractivity (Wildman–Crippen MR) is 106 cm³/mol. The van der Waals surface area contributed by atoms with Crippen LogP contribution >= 0.6 is 0 Å². The number of nitrogens with zero attached hydrogens (tertiary/aromatic N) is 3. The van der Waals surface area contributed by atoms with Gasteiger partial charge < -0.3 is 23.7 Å². The normalized spacial score (nSPS) is 17.0. The lowest BCUT2D eigenvalue weighted by atomic mass is 10.0. The van der Waals surface area contributed by atoms with Crippen LogP contribution < -0.4 is 9.47 Å². The fraction of sp³-hybridized carbons (Fsp3) is 0.524. The summed E-state index contributed by atoms with van der Waals surface area (Å²) in [7, 11) is 5.42. The van der Waals surface area contributed by atoms with Crippen molar-refractivity contribution in [2.24, 2.45) is 0 Å². The number of hydrogen-bond acceptors (Lipinski definition) is 6. The van der Waals surface area contributed by atoms with Gasteiger partial charge in [0.25, 0.3) is 5.91 Å². The summed E-state index contributed by atoms with van der Waals surface area (Å²) >= 11 is 0. The van der Waals surface area contributed by atoms with Crippen molar-refractivity contribution in [1.82, 2.24) is 14.8 Å². The van der Waals surface area contributed by atoms with Gasteiger partial charge in [-0.3, -0.25) is 4.79 Å². The van der Waals surface area contributed by atoms with Crippen LogP contribution in [0.1, 0.15) is 34.7 Å². The van der Waals surface area contributed by atoms with Crippen LogP contribution in [0, 0.1) is 6.92 Å². The lowest BCUT2D eigenvalue weighted by molar-refractivity contribution is 0.0580. The Hall–Kier alpha value is -2.54. The topological polar surface area (TPSA) is 68.0 Å². The molecule has 1 fully saturated rings. The predicted octanol–water partition coefficient (Wildman–Crippen LogP) is 2.78. The molecule has 1 amide bonds. The Kier molecular flexibility index (Phi) is 6.57. The molecule has 1 aliphatic rings. The van der Waals surface area contributed by atoms with Crippen LogP contribution in [-0.4, -0.2) is 67.6 Å². The molecule has 28 heavy (non-hydrogen) atoms. The van der Waals surface area contributed by atoms with Crippen LogP contribution in [0.3, 0.4) is 0 Å². The number of aryl methyl sites for hydroxylation is 1. The molecule has 0 aliphatic carbocycles. The standard InChI is InChI=1S/C21H29N3O4/c1-15-20(28-14-22-15)21(25)24-10-5-6-17(13-24)23(2)11-9-16-7-8-18(26-3)19(12-16)27-4/h7-8,12,14,17H,5-6,9-11,13H2,1-4H3. The van der Waals surface area contributed by atoms with E-state index in [9.17, 15) is 4.79 Å². The van der Waals surface area contributed by atoms with Crippen LogP contribution in [-0.2, 0) is 6.42 Å². The molecule has 1 aromatic heterocycles. The maximum Gasteiger partial charge on any atom is 0.291 e. The van der Waals surface area contributed by atoms with Gasteiger partial charge in [0, 0.05) is 25.7 Å². The first-order valence-electron chi connectivity index (χ1n) is 9.64. The van der Waals surface area contributed by atoms with E-state index in [1.165, 1.54) is 12.0 Å². The van der Waals surface area contributed by atoms with Crippen molar-refractivity contribution < 1.29 is 18.7 Å². The molecule has 3 rings (SSSR count). The quantitative estimate of drug-likeness (QED) is 0.728. The molecule has 152 valence electrons. The average molecular weight is 387 g/mol. The third-order valence-electron chi connectivity index (χ3n) is 5.45. The summed E-state index contributed by atoms with van der Waals surface area (Å²) in [6.45, 7) is 4.18. The second-order valence-corrected chi connectivity index (χ2v) is 7.23. The van der Waals surface area contributed by atoms with E-state index in [0.29, 0.717) is 24.0 Å². The second-order valence-electron chi connectivity index (χ2n) is 7.23. The number of carbonyl (C=O) groups excluding carboxylic acids is 1. The van der Waals surface area contributed by atoms with E-state index >= 15 is 0 Å². The molecule has 0 N–H and O–H groups in total. The minimum atomic E-state index is -0.0620. The number of ether oxygens (including phenoxy) is 2. The van der Waals surface area contributed by atoms with E-state index in [-0.39, 0.29) is 5.91 Å². The Morgan fingerprint density at radius 1 is 1.32 bits per heavy atom. The summed E-state index contributed by atoms with van der Waals surface area (Å²) in [5.74, 6) is 1.78. The Morgan fingerprint density at radius 2 is 2.11 bits per heavy atom. The van der Waals surface area contributed by atoms with E-state index < -0.39 is 0 Å². The van der Waals surface area contributed by atoms with Crippen LogP contribution in [0.5, 0.6) is 11.5 Å². The zero-order chi connectivity index (χ0) is 20.1. The Balaban J connectivity index is 1.58. The molecule has 1 saturated heterocycles. The molecule has 0 spiro atoms. The van der Waals surface area contributed by atoms with Crippen molar-refractivity contribution >= 4 is 5.91 Å². The molecule has 7 nitrogen and oxygen atoms in total. The summed E-state index contributed by atoms with van der Waals surface area (Å²) < 4.78 is 16.0. The average Bonchev–Trinajstić information content (AvgIpc) is 3.17. The highest BCUT2D eigenvalue weighted by atomic mass is 16.5. The van der Waals surface area contributed by atoms with E-state index in [1.54, 1.807) is 21.1 Å². The highest BCUT2D eigenvalue weighted by molar-refractivity contribution is 5.92. The highest BCUT2D eigenvalue weighted by Crippen LogP contribution is 2.28. The number of hydrogen-bond donors (Lipinski definition) is 0. The smallest absolute Gasteiger partial charge is 0.291 e. The Morgan fingerprint density at radius 3 is 2.79 bits per heavy atom. The maximum absolute atomic E-state index is 12.7. The van der Waals surface area contributed by atoms with Gasteiger partial charge in [-0.05, 0) is 50.9 Å². The summed E-state index contributed by atoms with van der Waals surface area (Å²) in [5.41, 5.74) is 1.85. The molecule has 0 radical (unpaired) electrons. The van der Waals surface area contributed by atoms with E-state index in [1.807, 2.05) is 17.0 Å². The molecule has 1 aromatic carbocycles. The molecule has 0 saturated carbocycles. The van der Waals surface area contributed by atoms with E-state index in [4.69, 9.17) is 13.9 Å². The van der Waals surface area contributed by atoms with Gasteiger partial charge in [-0.1, -0.05) is 6.07 Å². The highest BCUT2D eigenvalue weighted by Gasteiger charge is 2.29. The third-order valence-corrected chi connectivity index (χ3v) is 5.45. The lowest BCUT2D eigenvalue weighted by Crippen LogP contribution is -2.49. The lowest BCUT2D eigenvalue weighted by Gasteiger charge is -2.37. The largest absolute Gasteiger partial charge is 0.493 e. The number of rotatable bonds is 7. The minimum Gasteiger partial charge on any atom is -0.493 e. The molecule has 1 atom stereocenters. The Labute approximate surface area is 166 Å². The third kappa shape index (κ3) is 4.47. The van der Waals surface area contributed by atoms with E-state index in [0.717, 1.165) is 43.9 Å². The van der Waals surface area contributed by atoms with Crippen LogP contribution in [0.15, 0.2) is 29.0 Å². The molecule has 1 unspecified atom stereocenters. The van der Waals surface area contributed by atoms with Gasteiger partial charge >= 0.3 is 0 Å². The van der Waals surface area contributed by atoms with Gasteiger partial charge in [0.1, 0.15) is 0 Å². The van der Waals surface area contributed by atoms with E-state index in [2.05, 4.69) is 23.0 Å². The number of carbonyl (C=O) groups is 1. The zero-order valence-electron chi connectivity index (χ0n) is 17.1. The van der Waals surface area contributed by atoms with Crippen molar-refractivity contribution in [1.29, 1.82) is 0 Å². The number of aromatic nitrogens is 1. The van der Waals surface area contributed by atoms with Gasteiger partial charge in [0.2, 0.25) is 5.76 Å². The van der Waals surface area contributed by atoms with Crippen molar-refractivity contribution in [3.05, 3.63) is 41.6 Å². The Bertz CT molecular complexity index is 805. The molecule has 7 heteroatoms. The summed E-state index contributed by atoms with van der Waals surface area (Å²) in [4.78, 5) is 21.0. The molecule has 2 aromatic rings.